The largest absolute Gasteiger partial charge is 0.495 e. The van der Waals surface area contributed by atoms with Gasteiger partial charge >= 0.3 is 0 Å². The van der Waals surface area contributed by atoms with Crippen LogP contribution in [0.4, 0.5) is 0 Å². The van der Waals surface area contributed by atoms with E-state index in [1.54, 1.807) is 13.4 Å². The van der Waals surface area contributed by atoms with Crippen LogP contribution in [0.1, 0.15) is 12.0 Å². The van der Waals surface area contributed by atoms with Crippen molar-refractivity contribution in [2.24, 2.45) is 0 Å². The third-order valence-corrected chi connectivity index (χ3v) is 5.26. The average molecular weight is 379 g/mol. The fraction of sp³-hybridized carbons (Fsp3) is 0.238. The standard InChI is InChI=1S/C21H22N4OS/c1-26-20-10-6-5-9-19(20)24-15-22-25(21(24)27)16-23-13-11-18(12-14-23)17-7-3-2-4-8-17/h2-11,15H,12-14,16H2,1H3. The highest BCUT2D eigenvalue weighted by molar-refractivity contribution is 7.71. The van der Waals surface area contributed by atoms with Crippen molar-refractivity contribution in [3.63, 3.8) is 0 Å². The lowest BCUT2D eigenvalue weighted by Gasteiger charge is -2.26. The van der Waals surface area contributed by atoms with Crippen molar-refractivity contribution in [3.8, 4) is 11.4 Å². The van der Waals surface area contributed by atoms with E-state index in [1.165, 1.54) is 11.1 Å². The van der Waals surface area contributed by atoms with Crippen molar-refractivity contribution >= 4 is 17.8 Å². The minimum absolute atomic E-state index is 0.664. The molecule has 0 atom stereocenters. The van der Waals surface area contributed by atoms with Crippen molar-refractivity contribution in [2.75, 3.05) is 20.2 Å². The van der Waals surface area contributed by atoms with Crippen LogP contribution in [0.15, 0.2) is 67.0 Å². The topological polar surface area (TPSA) is 35.2 Å². The van der Waals surface area contributed by atoms with Gasteiger partial charge in [-0.05, 0) is 41.9 Å². The molecule has 0 spiro atoms. The maximum absolute atomic E-state index is 5.65. The molecule has 6 heteroatoms. The van der Waals surface area contributed by atoms with E-state index < -0.39 is 0 Å². The molecule has 1 aromatic heterocycles. The Hall–Kier alpha value is -2.70. The quantitative estimate of drug-likeness (QED) is 0.625. The van der Waals surface area contributed by atoms with Crippen LogP contribution in [0.5, 0.6) is 5.75 Å². The Balaban J connectivity index is 1.50. The van der Waals surface area contributed by atoms with Crippen molar-refractivity contribution in [3.05, 3.63) is 77.3 Å². The smallest absolute Gasteiger partial charge is 0.203 e. The summed E-state index contributed by atoms with van der Waals surface area (Å²) in [5.41, 5.74) is 3.63. The SMILES string of the molecule is COc1ccccc1-n1cnn(CN2CC=C(c3ccccc3)CC2)c1=S. The molecule has 0 N–H and O–H groups in total. The predicted octanol–water partition coefficient (Wildman–Crippen LogP) is 4.16. The van der Waals surface area contributed by atoms with Crippen LogP contribution < -0.4 is 4.74 Å². The first kappa shape index (κ1) is 17.7. The Morgan fingerprint density at radius 3 is 2.59 bits per heavy atom. The van der Waals surface area contributed by atoms with Crippen molar-refractivity contribution in [2.45, 2.75) is 13.1 Å². The van der Waals surface area contributed by atoms with Crippen LogP contribution in [-0.2, 0) is 6.67 Å². The Kier molecular flexibility index (Phi) is 5.18. The number of para-hydroxylation sites is 2. The Morgan fingerprint density at radius 2 is 1.85 bits per heavy atom. The second kappa shape index (κ2) is 7.90. The van der Waals surface area contributed by atoms with Crippen molar-refractivity contribution in [1.82, 2.24) is 19.2 Å². The minimum atomic E-state index is 0.664. The molecule has 4 rings (SSSR count). The van der Waals surface area contributed by atoms with Crippen LogP contribution in [0.25, 0.3) is 11.3 Å². The van der Waals surface area contributed by atoms with E-state index in [-0.39, 0.29) is 0 Å². The Labute approximate surface area is 164 Å². The molecule has 5 nitrogen and oxygen atoms in total. The van der Waals surface area contributed by atoms with Gasteiger partial charge < -0.3 is 4.74 Å². The molecule has 1 aliphatic rings. The van der Waals surface area contributed by atoms with E-state index in [0.717, 1.165) is 30.9 Å². The van der Waals surface area contributed by atoms with Crippen LogP contribution in [0.3, 0.4) is 0 Å². The highest BCUT2D eigenvalue weighted by Gasteiger charge is 2.15. The van der Waals surface area contributed by atoms with E-state index in [1.807, 2.05) is 33.5 Å². The first-order valence-electron chi connectivity index (χ1n) is 9.01. The summed E-state index contributed by atoms with van der Waals surface area (Å²) in [6.07, 6.45) is 5.10. The number of nitrogens with zero attached hydrogens (tertiary/aromatic N) is 4. The number of methoxy groups -OCH3 is 1. The lowest BCUT2D eigenvalue weighted by molar-refractivity contribution is 0.226. The molecule has 0 aliphatic carbocycles. The first-order valence-corrected chi connectivity index (χ1v) is 9.42. The monoisotopic (exact) mass is 378 g/mol. The molecular weight excluding hydrogens is 356 g/mol. The van der Waals surface area contributed by atoms with Gasteiger partial charge in [0.05, 0.1) is 19.5 Å². The number of ether oxygens (including phenoxy) is 1. The van der Waals surface area contributed by atoms with Gasteiger partial charge in [-0.15, -0.1) is 0 Å². The van der Waals surface area contributed by atoms with Crippen LogP contribution >= 0.6 is 12.2 Å². The summed E-state index contributed by atoms with van der Waals surface area (Å²) in [4.78, 5) is 2.35. The van der Waals surface area contributed by atoms with Gasteiger partial charge in [-0.2, -0.15) is 5.10 Å². The van der Waals surface area contributed by atoms with Gasteiger partial charge in [0.1, 0.15) is 12.1 Å². The summed E-state index contributed by atoms with van der Waals surface area (Å²) in [6, 6.07) is 18.4. The Bertz CT molecular complexity index is 1010. The van der Waals surface area contributed by atoms with Crippen molar-refractivity contribution in [1.29, 1.82) is 0 Å². The van der Waals surface area contributed by atoms with Crippen LogP contribution in [0, 0.1) is 4.77 Å². The number of hydrogen-bond donors (Lipinski definition) is 0. The number of aromatic nitrogens is 3. The average Bonchev–Trinajstić information content (AvgIpc) is 3.09. The fourth-order valence-corrected chi connectivity index (χ4v) is 3.62. The number of hydrogen-bond acceptors (Lipinski definition) is 4. The number of benzene rings is 2. The molecule has 0 amide bonds. The number of rotatable bonds is 5. The maximum Gasteiger partial charge on any atom is 0.203 e. The minimum Gasteiger partial charge on any atom is -0.495 e. The van der Waals surface area contributed by atoms with Crippen LogP contribution in [0.2, 0.25) is 0 Å². The zero-order valence-corrected chi connectivity index (χ0v) is 16.1. The van der Waals surface area contributed by atoms with Gasteiger partial charge in [0.15, 0.2) is 0 Å². The molecule has 0 saturated heterocycles. The summed E-state index contributed by atoms with van der Waals surface area (Å²) in [7, 11) is 1.66. The summed E-state index contributed by atoms with van der Waals surface area (Å²) in [5.74, 6) is 0.779. The normalized spacial score (nSPS) is 14.8. The molecule has 1 aliphatic heterocycles. The molecule has 0 saturated carbocycles. The van der Waals surface area contributed by atoms with Crippen molar-refractivity contribution < 1.29 is 4.74 Å². The highest BCUT2D eigenvalue weighted by Crippen LogP contribution is 2.24. The lowest BCUT2D eigenvalue weighted by atomic mass is 10.00. The predicted molar refractivity (Wildman–Crippen MR) is 110 cm³/mol. The van der Waals surface area contributed by atoms with Gasteiger partial charge in [0.2, 0.25) is 4.77 Å². The summed E-state index contributed by atoms with van der Waals surface area (Å²) in [5, 5.41) is 4.50. The molecule has 0 unspecified atom stereocenters. The van der Waals surface area contributed by atoms with Gasteiger partial charge in [-0.3, -0.25) is 9.47 Å². The maximum atomic E-state index is 5.65. The molecule has 3 aromatic rings. The van der Waals surface area contributed by atoms with Gasteiger partial charge in [0, 0.05) is 13.1 Å². The molecule has 0 bridgehead atoms. The zero-order valence-electron chi connectivity index (χ0n) is 15.3. The van der Waals surface area contributed by atoms with Crippen LogP contribution in [-0.4, -0.2) is 39.4 Å². The van der Waals surface area contributed by atoms with Gasteiger partial charge in [-0.1, -0.05) is 48.5 Å². The molecule has 138 valence electrons. The molecule has 2 heterocycles. The third kappa shape index (κ3) is 3.72. The fourth-order valence-electron chi connectivity index (χ4n) is 3.37. The molecule has 0 radical (unpaired) electrons. The lowest BCUT2D eigenvalue weighted by Crippen LogP contribution is -2.31. The van der Waals surface area contributed by atoms with E-state index in [9.17, 15) is 0 Å². The first-order chi connectivity index (χ1) is 13.3. The zero-order chi connectivity index (χ0) is 18.6. The van der Waals surface area contributed by atoms with Gasteiger partial charge in [-0.25, -0.2) is 4.68 Å². The molecular formula is C21H22N4OS. The summed E-state index contributed by atoms with van der Waals surface area (Å²) >= 11 is 5.65. The second-order valence-corrected chi connectivity index (χ2v) is 6.88. The van der Waals surface area contributed by atoms with E-state index in [2.05, 4.69) is 46.4 Å². The van der Waals surface area contributed by atoms with E-state index in [4.69, 9.17) is 17.0 Å². The third-order valence-electron chi connectivity index (χ3n) is 4.85. The summed E-state index contributed by atoms with van der Waals surface area (Å²) < 4.78 is 9.87. The Morgan fingerprint density at radius 1 is 1.07 bits per heavy atom. The van der Waals surface area contributed by atoms with E-state index in [0.29, 0.717) is 11.4 Å². The summed E-state index contributed by atoms with van der Waals surface area (Å²) in [6.45, 7) is 2.57. The molecule has 0 fully saturated rings. The second-order valence-electron chi connectivity index (χ2n) is 6.52. The molecule has 27 heavy (non-hydrogen) atoms. The molecule has 2 aromatic carbocycles. The van der Waals surface area contributed by atoms with E-state index >= 15 is 0 Å². The highest BCUT2D eigenvalue weighted by atomic mass is 32.1. The van der Waals surface area contributed by atoms with Gasteiger partial charge in [0.25, 0.3) is 0 Å².